The second-order valence-corrected chi connectivity index (χ2v) is 6.09. The van der Waals surface area contributed by atoms with Crippen LogP contribution in [0.3, 0.4) is 0 Å². The molecule has 0 aromatic carbocycles. The number of piperidine rings is 1. The number of aromatic nitrogens is 2. The van der Waals surface area contributed by atoms with Crippen molar-refractivity contribution in [1.82, 2.24) is 19.6 Å². The van der Waals surface area contributed by atoms with Crippen molar-refractivity contribution in [1.29, 1.82) is 0 Å². The lowest BCUT2D eigenvalue weighted by molar-refractivity contribution is -0.138. The molecule has 0 unspecified atom stereocenters. The van der Waals surface area contributed by atoms with Gasteiger partial charge < -0.3 is 9.80 Å². The molecule has 0 aliphatic carbocycles. The third kappa shape index (κ3) is 2.94. The molecule has 0 spiro atoms. The van der Waals surface area contributed by atoms with E-state index in [2.05, 4.69) is 5.10 Å². The fraction of sp³-hybridized carbons (Fsp3) is 0.667. The molecule has 0 saturated carbocycles. The van der Waals surface area contributed by atoms with E-state index in [1.165, 1.54) is 0 Å². The van der Waals surface area contributed by atoms with Crippen LogP contribution in [-0.2, 0) is 16.1 Å². The van der Waals surface area contributed by atoms with Crippen LogP contribution in [0.25, 0.3) is 0 Å². The lowest BCUT2D eigenvalue weighted by Crippen LogP contribution is -2.42. The van der Waals surface area contributed by atoms with Gasteiger partial charge in [0.15, 0.2) is 0 Å². The maximum absolute atomic E-state index is 12.3. The van der Waals surface area contributed by atoms with E-state index in [-0.39, 0.29) is 17.7 Å². The Morgan fingerprint density at radius 2 is 2.29 bits per heavy atom. The van der Waals surface area contributed by atoms with Crippen molar-refractivity contribution in [3.8, 4) is 0 Å². The van der Waals surface area contributed by atoms with Gasteiger partial charge in [-0.15, -0.1) is 0 Å². The summed E-state index contributed by atoms with van der Waals surface area (Å²) in [6.07, 6.45) is 5.99. The van der Waals surface area contributed by atoms with Crippen LogP contribution in [0.15, 0.2) is 18.5 Å². The minimum atomic E-state index is 0.0267. The van der Waals surface area contributed by atoms with Crippen LogP contribution >= 0.6 is 0 Å². The Bertz CT molecular complexity index is 514. The van der Waals surface area contributed by atoms with E-state index < -0.39 is 0 Å². The lowest BCUT2D eigenvalue weighted by atomic mass is 9.88. The smallest absolute Gasteiger partial charge is 0.227 e. The van der Waals surface area contributed by atoms with Gasteiger partial charge in [0.1, 0.15) is 0 Å². The summed E-state index contributed by atoms with van der Waals surface area (Å²) in [5.41, 5.74) is 0. The molecule has 1 aromatic rings. The van der Waals surface area contributed by atoms with Crippen molar-refractivity contribution in [3.63, 3.8) is 0 Å². The standard InChI is InChI=1S/C15H22N4O2/c1-17-9-5-12-10-18(11-13(12)15(17)21)14(20)4-2-7-19-8-3-6-16-19/h3,6,8,12-13H,2,4-5,7,9-11H2,1H3/t12-,13+/m1/s1. The molecule has 3 heterocycles. The molecule has 2 saturated heterocycles. The summed E-state index contributed by atoms with van der Waals surface area (Å²) >= 11 is 0. The molecular weight excluding hydrogens is 268 g/mol. The second kappa shape index (κ2) is 5.87. The van der Waals surface area contributed by atoms with Crippen molar-refractivity contribution in [2.45, 2.75) is 25.8 Å². The highest BCUT2D eigenvalue weighted by atomic mass is 16.2. The van der Waals surface area contributed by atoms with E-state index in [1.807, 2.05) is 28.9 Å². The molecule has 6 heteroatoms. The molecule has 2 aliphatic heterocycles. The zero-order chi connectivity index (χ0) is 14.8. The second-order valence-electron chi connectivity index (χ2n) is 6.09. The fourth-order valence-corrected chi connectivity index (χ4v) is 3.38. The molecule has 114 valence electrons. The number of hydrogen-bond donors (Lipinski definition) is 0. The first-order chi connectivity index (χ1) is 10.1. The van der Waals surface area contributed by atoms with Gasteiger partial charge in [-0.2, -0.15) is 5.10 Å². The van der Waals surface area contributed by atoms with E-state index in [0.29, 0.717) is 18.9 Å². The molecule has 0 N–H and O–H groups in total. The highest BCUT2D eigenvalue weighted by Gasteiger charge is 2.42. The average Bonchev–Trinajstić information content (AvgIpc) is 3.12. The van der Waals surface area contributed by atoms with Gasteiger partial charge in [-0.3, -0.25) is 14.3 Å². The molecule has 2 aliphatic rings. The minimum Gasteiger partial charge on any atom is -0.345 e. The van der Waals surface area contributed by atoms with Gasteiger partial charge in [-0.1, -0.05) is 0 Å². The van der Waals surface area contributed by atoms with Gasteiger partial charge >= 0.3 is 0 Å². The van der Waals surface area contributed by atoms with Gasteiger partial charge in [0, 0.05) is 52.0 Å². The molecule has 0 bridgehead atoms. The zero-order valence-electron chi connectivity index (χ0n) is 12.4. The largest absolute Gasteiger partial charge is 0.345 e. The Labute approximate surface area is 124 Å². The number of aryl methyl sites for hydroxylation is 1. The summed E-state index contributed by atoms with van der Waals surface area (Å²) in [7, 11) is 1.85. The van der Waals surface area contributed by atoms with Crippen LogP contribution < -0.4 is 0 Å². The van der Waals surface area contributed by atoms with Crippen molar-refractivity contribution in [2.24, 2.45) is 11.8 Å². The summed E-state index contributed by atoms with van der Waals surface area (Å²) in [6, 6.07) is 1.88. The number of amides is 2. The SMILES string of the molecule is CN1CC[C@@H]2CN(C(=O)CCCn3cccn3)C[C@@H]2C1=O. The predicted octanol–water partition coefficient (Wildman–Crippen LogP) is 0.600. The third-order valence-corrected chi connectivity index (χ3v) is 4.66. The van der Waals surface area contributed by atoms with Gasteiger partial charge in [0.25, 0.3) is 0 Å². The van der Waals surface area contributed by atoms with Crippen LogP contribution in [0.1, 0.15) is 19.3 Å². The molecule has 2 fully saturated rings. The molecule has 21 heavy (non-hydrogen) atoms. The van der Waals surface area contributed by atoms with Crippen LogP contribution in [-0.4, -0.2) is 58.1 Å². The average molecular weight is 290 g/mol. The number of likely N-dealkylation sites (tertiary alicyclic amines) is 2. The Hall–Kier alpha value is -1.85. The van der Waals surface area contributed by atoms with Crippen LogP contribution in [0.5, 0.6) is 0 Å². The maximum Gasteiger partial charge on any atom is 0.227 e. The molecule has 6 nitrogen and oxygen atoms in total. The quantitative estimate of drug-likeness (QED) is 0.816. The monoisotopic (exact) mass is 290 g/mol. The molecule has 1 aromatic heterocycles. The summed E-state index contributed by atoms with van der Waals surface area (Å²) in [4.78, 5) is 28.1. The lowest BCUT2D eigenvalue weighted by Gasteiger charge is -2.30. The van der Waals surface area contributed by atoms with Gasteiger partial charge in [-0.25, -0.2) is 0 Å². The molecule has 3 rings (SSSR count). The summed E-state index contributed by atoms with van der Waals surface area (Å²) in [5.74, 6) is 0.771. The van der Waals surface area contributed by atoms with E-state index >= 15 is 0 Å². The number of hydrogen-bond acceptors (Lipinski definition) is 3. The van der Waals surface area contributed by atoms with Crippen molar-refractivity contribution in [2.75, 3.05) is 26.7 Å². The van der Waals surface area contributed by atoms with E-state index in [1.54, 1.807) is 11.1 Å². The maximum atomic E-state index is 12.3. The minimum absolute atomic E-state index is 0.0267. The van der Waals surface area contributed by atoms with Gasteiger partial charge in [0.2, 0.25) is 11.8 Å². The Morgan fingerprint density at radius 1 is 1.43 bits per heavy atom. The normalized spacial score (nSPS) is 25.3. The fourth-order valence-electron chi connectivity index (χ4n) is 3.38. The van der Waals surface area contributed by atoms with Crippen molar-refractivity contribution in [3.05, 3.63) is 18.5 Å². The first kappa shape index (κ1) is 14.1. The Kier molecular flexibility index (Phi) is 3.94. The topological polar surface area (TPSA) is 58.4 Å². The van der Waals surface area contributed by atoms with E-state index in [0.717, 1.165) is 32.5 Å². The van der Waals surface area contributed by atoms with Crippen LogP contribution in [0.4, 0.5) is 0 Å². The number of carbonyl (C=O) groups is 2. The van der Waals surface area contributed by atoms with Crippen molar-refractivity contribution < 1.29 is 9.59 Å². The first-order valence-corrected chi connectivity index (χ1v) is 7.65. The number of nitrogens with zero attached hydrogens (tertiary/aromatic N) is 4. The van der Waals surface area contributed by atoms with E-state index in [4.69, 9.17) is 0 Å². The Morgan fingerprint density at radius 3 is 3.05 bits per heavy atom. The van der Waals surface area contributed by atoms with E-state index in [9.17, 15) is 9.59 Å². The highest BCUT2D eigenvalue weighted by molar-refractivity contribution is 5.83. The molecule has 2 atom stereocenters. The summed E-state index contributed by atoms with van der Waals surface area (Å²) in [5, 5.41) is 4.13. The van der Waals surface area contributed by atoms with Crippen LogP contribution in [0.2, 0.25) is 0 Å². The predicted molar refractivity (Wildman–Crippen MR) is 77.3 cm³/mol. The molecular formula is C15H22N4O2. The van der Waals surface area contributed by atoms with Gasteiger partial charge in [-0.05, 0) is 24.8 Å². The van der Waals surface area contributed by atoms with Gasteiger partial charge in [0.05, 0.1) is 5.92 Å². The molecule has 2 amide bonds. The number of fused-ring (bicyclic) bond motifs is 1. The number of rotatable bonds is 4. The van der Waals surface area contributed by atoms with Crippen LogP contribution in [0, 0.1) is 11.8 Å². The summed E-state index contributed by atoms with van der Waals surface area (Å²) in [6.45, 7) is 2.95. The molecule has 0 radical (unpaired) electrons. The first-order valence-electron chi connectivity index (χ1n) is 7.65. The third-order valence-electron chi connectivity index (χ3n) is 4.66. The van der Waals surface area contributed by atoms with Crippen molar-refractivity contribution >= 4 is 11.8 Å². The number of carbonyl (C=O) groups excluding carboxylic acids is 2. The Balaban J connectivity index is 1.49. The zero-order valence-corrected chi connectivity index (χ0v) is 12.4. The highest BCUT2D eigenvalue weighted by Crippen LogP contribution is 2.31. The summed E-state index contributed by atoms with van der Waals surface area (Å²) < 4.78 is 1.84.